The summed E-state index contributed by atoms with van der Waals surface area (Å²) >= 11 is 3.59. The summed E-state index contributed by atoms with van der Waals surface area (Å²) in [6.45, 7) is 8.05. The van der Waals surface area contributed by atoms with E-state index >= 15 is 0 Å². The predicted octanol–water partition coefficient (Wildman–Crippen LogP) is 3.40. The molecule has 5 rings (SSSR count). The third kappa shape index (κ3) is 5.86. The predicted molar refractivity (Wildman–Crippen MR) is 166 cm³/mol. The first-order valence-corrected chi connectivity index (χ1v) is 16.2. The van der Waals surface area contributed by atoms with Gasteiger partial charge in [0.05, 0.1) is 12.0 Å². The minimum Gasteiger partial charge on any atom is -0.455 e. The van der Waals surface area contributed by atoms with Crippen molar-refractivity contribution >= 4 is 39.6 Å². The Labute approximate surface area is 266 Å². The van der Waals surface area contributed by atoms with Crippen molar-refractivity contribution in [1.29, 1.82) is 0 Å². The van der Waals surface area contributed by atoms with Crippen LogP contribution in [0.3, 0.4) is 0 Å². The van der Waals surface area contributed by atoms with E-state index in [4.69, 9.17) is 9.47 Å². The number of nitrogens with zero attached hydrogens (tertiary/aromatic N) is 2. The highest BCUT2D eigenvalue weighted by atomic mass is 79.9. The van der Waals surface area contributed by atoms with E-state index in [2.05, 4.69) is 21.2 Å². The van der Waals surface area contributed by atoms with E-state index in [1.807, 2.05) is 63.3 Å². The first kappa shape index (κ1) is 32.4. The number of fused-ring (bicyclic) bond motifs is 2. The number of aliphatic hydroxyl groups excluding tert-OH is 1. The standard InChI is InChI=1S/C33H42BrN3O7/c1-20-26(21-13-7-5-8-14-21)43-31(42)24-25-29(40)36(16-11-12-18-38)28(33(25)19-22(34)27(24)44-33)30(41)37(32(2,3)4)17-10-6-9-15-23(39)35-20/h5-8,10,13-14,19-20,24-28,38H,9,11-12,15-18H2,1-4H3,(H,35,39)/b10-6-/t20-,24+,25-,26+,27+,28+,33-/m1/s1. The van der Waals surface area contributed by atoms with Crippen LogP contribution in [0.2, 0.25) is 0 Å². The molecule has 4 aliphatic rings. The number of esters is 1. The Morgan fingerprint density at radius 3 is 2.45 bits per heavy atom. The van der Waals surface area contributed by atoms with Crippen LogP contribution in [0, 0.1) is 11.8 Å². The van der Waals surface area contributed by atoms with E-state index in [0.717, 1.165) is 0 Å². The van der Waals surface area contributed by atoms with Gasteiger partial charge in [-0.1, -0.05) is 58.4 Å². The molecule has 2 N–H and O–H groups in total. The second-order valence-electron chi connectivity index (χ2n) is 13.0. The Morgan fingerprint density at radius 1 is 1.05 bits per heavy atom. The van der Waals surface area contributed by atoms with Crippen LogP contribution in [0.15, 0.2) is 53.0 Å². The molecule has 0 aromatic heterocycles. The molecule has 3 amide bonds. The maximum Gasteiger partial charge on any atom is 0.313 e. The third-order valence-corrected chi connectivity index (χ3v) is 9.70. The molecule has 5 bridgehead atoms. The van der Waals surface area contributed by atoms with E-state index in [1.54, 1.807) is 22.8 Å². The SMILES string of the molecule is C[C@H]1NC(=O)CC/C=C\CN(C(C)(C)C)C(=O)[C@@H]2N(CCCCO)C(=O)[C@H]3[C@H](C(=O)O[C@@H]1c1ccccc1)[C@H]1O[C@@]23C=C1Br. The Hall–Kier alpha value is -3.02. The van der Waals surface area contributed by atoms with Crippen molar-refractivity contribution in [3.63, 3.8) is 0 Å². The van der Waals surface area contributed by atoms with E-state index in [1.165, 1.54) is 0 Å². The van der Waals surface area contributed by atoms with Crippen LogP contribution in [-0.2, 0) is 28.7 Å². The van der Waals surface area contributed by atoms with Gasteiger partial charge in [-0.25, -0.2) is 0 Å². The molecule has 4 aliphatic heterocycles. The van der Waals surface area contributed by atoms with Crippen molar-refractivity contribution in [2.24, 2.45) is 11.8 Å². The summed E-state index contributed by atoms with van der Waals surface area (Å²) in [5.74, 6) is -3.42. The lowest BCUT2D eigenvalue weighted by atomic mass is 9.74. The lowest BCUT2D eigenvalue weighted by Crippen LogP contribution is -2.59. The fourth-order valence-electron chi connectivity index (χ4n) is 6.96. The molecule has 1 aromatic carbocycles. The summed E-state index contributed by atoms with van der Waals surface area (Å²) in [6.07, 6.45) is 5.58. The number of carbonyl (C=O) groups is 4. The van der Waals surface area contributed by atoms with Crippen molar-refractivity contribution in [2.45, 2.75) is 88.8 Å². The van der Waals surface area contributed by atoms with Gasteiger partial charge in [0.1, 0.15) is 29.8 Å². The normalized spacial score (nSPS) is 33.6. The van der Waals surface area contributed by atoms with Crippen LogP contribution in [0.1, 0.15) is 65.0 Å². The summed E-state index contributed by atoms with van der Waals surface area (Å²) in [5, 5.41) is 12.4. The van der Waals surface area contributed by atoms with Gasteiger partial charge < -0.3 is 29.7 Å². The molecule has 10 nitrogen and oxygen atoms in total. The second kappa shape index (κ2) is 12.8. The average molecular weight is 673 g/mol. The Bertz CT molecular complexity index is 1340. The monoisotopic (exact) mass is 671 g/mol. The van der Waals surface area contributed by atoms with E-state index < -0.39 is 53.2 Å². The molecule has 1 aromatic rings. The fraction of sp³-hybridized carbons (Fsp3) is 0.576. The lowest BCUT2D eigenvalue weighted by Gasteiger charge is -2.41. The molecule has 0 saturated carbocycles. The number of allylic oxidation sites excluding steroid dienone is 1. The first-order chi connectivity index (χ1) is 20.9. The fourth-order valence-corrected chi connectivity index (χ4v) is 7.70. The molecule has 238 valence electrons. The van der Waals surface area contributed by atoms with Gasteiger partial charge in [-0.05, 0) is 58.6 Å². The topological polar surface area (TPSA) is 125 Å². The van der Waals surface area contributed by atoms with E-state index in [9.17, 15) is 24.3 Å². The number of rotatable bonds is 5. The minimum atomic E-state index is -1.37. The molecule has 0 unspecified atom stereocenters. The number of hydrogen-bond acceptors (Lipinski definition) is 7. The van der Waals surface area contributed by atoms with Crippen LogP contribution in [0.5, 0.6) is 0 Å². The number of cyclic esters (lactones) is 1. The summed E-state index contributed by atoms with van der Waals surface area (Å²) in [7, 11) is 0. The third-order valence-electron chi connectivity index (χ3n) is 9.02. The van der Waals surface area contributed by atoms with Crippen molar-refractivity contribution in [3.05, 3.63) is 58.6 Å². The first-order valence-electron chi connectivity index (χ1n) is 15.4. The number of halogens is 1. The number of carbonyl (C=O) groups excluding carboxylic acids is 4. The zero-order valence-electron chi connectivity index (χ0n) is 25.7. The zero-order chi connectivity index (χ0) is 31.8. The average Bonchev–Trinajstić information content (AvgIpc) is 3.56. The van der Waals surface area contributed by atoms with Crippen LogP contribution in [0.25, 0.3) is 0 Å². The molecule has 7 atom stereocenters. The minimum absolute atomic E-state index is 0.0390. The molecular formula is C33H42BrN3O7. The number of likely N-dealkylation sites (tertiary alicyclic amines) is 1. The maximum atomic E-state index is 14.6. The Balaban J connectivity index is 1.61. The largest absolute Gasteiger partial charge is 0.455 e. The number of benzene rings is 1. The van der Waals surface area contributed by atoms with Crippen molar-refractivity contribution < 1.29 is 33.8 Å². The summed E-state index contributed by atoms with van der Waals surface area (Å²) in [5.41, 5.74) is -1.27. The van der Waals surface area contributed by atoms with Crippen molar-refractivity contribution in [2.75, 3.05) is 19.7 Å². The van der Waals surface area contributed by atoms with Gasteiger partial charge in [-0.15, -0.1) is 0 Å². The van der Waals surface area contributed by atoms with E-state index in [-0.39, 0.29) is 43.8 Å². The van der Waals surface area contributed by atoms with Gasteiger partial charge in [0.15, 0.2) is 0 Å². The van der Waals surface area contributed by atoms with Gasteiger partial charge >= 0.3 is 5.97 Å². The highest BCUT2D eigenvalue weighted by molar-refractivity contribution is 9.11. The number of aliphatic hydroxyl groups is 1. The molecule has 1 spiro atoms. The number of nitrogens with one attached hydrogen (secondary N) is 1. The van der Waals surface area contributed by atoms with Crippen LogP contribution in [0.4, 0.5) is 0 Å². The molecule has 0 radical (unpaired) electrons. The maximum absolute atomic E-state index is 14.6. The van der Waals surface area contributed by atoms with Crippen LogP contribution < -0.4 is 5.32 Å². The number of unbranched alkanes of at least 4 members (excludes halogenated alkanes) is 1. The molecule has 2 saturated heterocycles. The summed E-state index contributed by atoms with van der Waals surface area (Å²) in [4.78, 5) is 59.3. The Morgan fingerprint density at radius 2 is 1.77 bits per heavy atom. The van der Waals surface area contributed by atoms with Gasteiger partial charge in [0.2, 0.25) is 17.7 Å². The summed E-state index contributed by atoms with van der Waals surface area (Å²) < 4.78 is 13.4. The van der Waals surface area contributed by atoms with Crippen LogP contribution in [-0.4, -0.2) is 87.6 Å². The zero-order valence-corrected chi connectivity index (χ0v) is 27.3. The second-order valence-corrected chi connectivity index (χ2v) is 14.0. The van der Waals surface area contributed by atoms with Crippen molar-refractivity contribution in [3.8, 4) is 0 Å². The number of ether oxygens (including phenoxy) is 2. The van der Waals surface area contributed by atoms with Crippen molar-refractivity contribution in [1.82, 2.24) is 15.1 Å². The lowest BCUT2D eigenvalue weighted by molar-refractivity contribution is -0.161. The molecular weight excluding hydrogens is 630 g/mol. The molecule has 0 aliphatic carbocycles. The van der Waals surface area contributed by atoms with Gasteiger partial charge in [-0.2, -0.15) is 0 Å². The quantitative estimate of drug-likeness (QED) is 0.279. The van der Waals surface area contributed by atoms with E-state index in [0.29, 0.717) is 29.3 Å². The Kier molecular flexibility index (Phi) is 9.39. The number of hydrogen-bond donors (Lipinski definition) is 2. The highest BCUT2D eigenvalue weighted by Crippen LogP contribution is 2.59. The smallest absolute Gasteiger partial charge is 0.313 e. The van der Waals surface area contributed by atoms with Gasteiger partial charge in [-0.3, -0.25) is 19.2 Å². The molecule has 2 fully saturated rings. The summed E-state index contributed by atoms with van der Waals surface area (Å²) in [6, 6.07) is 7.63. The molecule has 44 heavy (non-hydrogen) atoms. The van der Waals surface area contributed by atoms with Crippen LogP contribution >= 0.6 is 15.9 Å². The molecule has 4 heterocycles. The molecule has 11 heteroatoms. The van der Waals surface area contributed by atoms with Gasteiger partial charge in [0.25, 0.3) is 0 Å². The highest BCUT2D eigenvalue weighted by Gasteiger charge is 2.75. The number of amides is 3. The van der Waals surface area contributed by atoms with Gasteiger partial charge in [0, 0.05) is 36.1 Å².